The van der Waals surface area contributed by atoms with E-state index in [4.69, 9.17) is 0 Å². The van der Waals surface area contributed by atoms with Crippen LogP contribution in [0.5, 0.6) is 0 Å². The van der Waals surface area contributed by atoms with Crippen LogP contribution in [0.3, 0.4) is 0 Å². The van der Waals surface area contributed by atoms with E-state index in [0.717, 1.165) is 30.5 Å². The Labute approximate surface area is 159 Å². The van der Waals surface area contributed by atoms with Crippen molar-refractivity contribution in [2.45, 2.75) is 37.8 Å². The fourth-order valence-corrected chi connectivity index (χ4v) is 4.04. The molecule has 7 heteroatoms. The number of amides is 1. The van der Waals surface area contributed by atoms with E-state index in [9.17, 15) is 22.8 Å². The topological polar surface area (TPSA) is 37.4 Å². The Balaban J connectivity index is 1.48. The monoisotopic (exact) mass is 395 g/mol. The van der Waals surface area contributed by atoms with E-state index in [-0.39, 0.29) is 30.4 Å². The van der Waals surface area contributed by atoms with Crippen LogP contribution in [-0.2, 0) is 11.0 Å². The molecule has 144 valence electrons. The maximum absolute atomic E-state index is 12.7. The molecule has 1 aromatic heterocycles. The minimum absolute atomic E-state index is 0.0157. The van der Waals surface area contributed by atoms with Crippen LogP contribution < -0.4 is 0 Å². The Hall–Kier alpha value is -2.15. The highest BCUT2D eigenvalue weighted by Gasteiger charge is 2.31. The van der Waals surface area contributed by atoms with Gasteiger partial charge in [0.2, 0.25) is 5.91 Å². The van der Waals surface area contributed by atoms with Gasteiger partial charge in [0.15, 0.2) is 5.78 Å². The van der Waals surface area contributed by atoms with E-state index >= 15 is 0 Å². The van der Waals surface area contributed by atoms with Crippen molar-refractivity contribution in [3.05, 3.63) is 57.8 Å². The number of halogens is 3. The third-order valence-electron chi connectivity index (χ3n) is 4.92. The van der Waals surface area contributed by atoms with Gasteiger partial charge in [0, 0.05) is 25.9 Å². The molecule has 1 fully saturated rings. The third-order valence-corrected chi connectivity index (χ3v) is 5.83. The smallest absolute Gasteiger partial charge is 0.343 e. The van der Waals surface area contributed by atoms with E-state index in [1.54, 1.807) is 11.0 Å². The predicted octanol–water partition coefficient (Wildman–Crippen LogP) is 5.14. The van der Waals surface area contributed by atoms with E-state index in [1.807, 2.05) is 11.4 Å². The number of carbonyl (C=O) groups is 2. The van der Waals surface area contributed by atoms with E-state index in [0.29, 0.717) is 18.0 Å². The number of carbonyl (C=O) groups excluding carboxylic acids is 2. The minimum atomic E-state index is -4.32. The molecule has 0 spiro atoms. The van der Waals surface area contributed by atoms with Crippen molar-refractivity contribution in [2.24, 2.45) is 0 Å². The standard InChI is InChI=1S/C20H20F3NO2S/c21-20(22,23)16-5-3-14(4-6-16)15-9-11-24(12-10-15)19(26)8-7-17(25)18-2-1-13-27-18/h1-6,13,15H,7-12H2. The molecule has 2 heterocycles. The van der Waals surface area contributed by atoms with Gasteiger partial charge in [0.25, 0.3) is 0 Å². The second-order valence-corrected chi connectivity index (χ2v) is 7.62. The van der Waals surface area contributed by atoms with Crippen molar-refractivity contribution in [1.29, 1.82) is 0 Å². The van der Waals surface area contributed by atoms with Crippen LogP contribution in [-0.4, -0.2) is 29.7 Å². The summed E-state index contributed by atoms with van der Waals surface area (Å²) in [7, 11) is 0. The molecule has 0 unspecified atom stereocenters. The van der Waals surface area contributed by atoms with Crippen molar-refractivity contribution in [3.8, 4) is 0 Å². The Kier molecular flexibility index (Phi) is 5.99. The first-order chi connectivity index (χ1) is 12.8. The van der Waals surface area contributed by atoms with Gasteiger partial charge in [-0.15, -0.1) is 11.3 Å². The van der Waals surface area contributed by atoms with Gasteiger partial charge in [-0.2, -0.15) is 13.2 Å². The van der Waals surface area contributed by atoms with Gasteiger partial charge in [0.1, 0.15) is 0 Å². The second-order valence-electron chi connectivity index (χ2n) is 6.68. The SMILES string of the molecule is O=C(CCC(=O)N1CCC(c2ccc(C(F)(F)F)cc2)CC1)c1cccs1. The number of nitrogens with zero attached hydrogens (tertiary/aromatic N) is 1. The second kappa shape index (κ2) is 8.25. The summed E-state index contributed by atoms with van der Waals surface area (Å²) in [6.07, 6.45) is -2.49. The summed E-state index contributed by atoms with van der Waals surface area (Å²) in [6, 6.07) is 8.86. The van der Waals surface area contributed by atoms with Crippen molar-refractivity contribution in [3.63, 3.8) is 0 Å². The van der Waals surface area contributed by atoms with Crippen LogP contribution in [0.25, 0.3) is 0 Å². The summed E-state index contributed by atoms with van der Waals surface area (Å²) < 4.78 is 38.0. The van der Waals surface area contributed by atoms with Crippen LogP contribution in [0.1, 0.15) is 52.4 Å². The molecular formula is C20H20F3NO2S. The van der Waals surface area contributed by atoms with E-state index in [1.165, 1.54) is 23.5 Å². The summed E-state index contributed by atoms with van der Waals surface area (Å²) in [6.45, 7) is 1.13. The largest absolute Gasteiger partial charge is 0.416 e. The lowest BCUT2D eigenvalue weighted by Crippen LogP contribution is -2.38. The van der Waals surface area contributed by atoms with Crippen molar-refractivity contribution < 1.29 is 22.8 Å². The van der Waals surface area contributed by atoms with Gasteiger partial charge in [-0.25, -0.2) is 0 Å². The highest BCUT2D eigenvalue weighted by atomic mass is 32.1. The minimum Gasteiger partial charge on any atom is -0.343 e. The van der Waals surface area contributed by atoms with Gasteiger partial charge in [-0.05, 0) is 47.9 Å². The van der Waals surface area contributed by atoms with E-state index in [2.05, 4.69) is 0 Å². The molecule has 0 bridgehead atoms. The molecule has 3 rings (SSSR count). The lowest BCUT2D eigenvalue weighted by molar-refractivity contribution is -0.137. The summed E-state index contributed by atoms with van der Waals surface area (Å²) in [4.78, 5) is 26.7. The van der Waals surface area contributed by atoms with Gasteiger partial charge >= 0.3 is 6.18 Å². The van der Waals surface area contributed by atoms with Crippen molar-refractivity contribution in [2.75, 3.05) is 13.1 Å². The zero-order valence-electron chi connectivity index (χ0n) is 14.7. The van der Waals surface area contributed by atoms with Gasteiger partial charge in [-0.3, -0.25) is 9.59 Å². The molecular weight excluding hydrogens is 375 g/mol. The molecule has 0 N–H and O–H groups in total. The number of hydrogen-bond acceptors (Lipinski definition) is 3. The molecule has 1 aliphatic rings. The first kappa shape index (κ1) is 19.6. The molecule has 27 heavy (non-hydrogen) atoms. The average molecular weight is 395 g/mol. The molecule has 1 aromatic carbocycles. The number of likely N-dealkylation sites (tertiary alicyclic amines) is 1. The number of rotatable bonds is 5. The Morgan fingerprint density at radius 3 is 2.26 bits per heavy atom. The molecule has 1 amide bonds. The number of piperidine rings is 1. The summed E-state index contributed by atoms with van der Waals surface area (Å²) in [5.74, 6) is 0.104. The third kappa shape index (κ3) is 4.97. The molecule has 1 saturated heterocycles. The molecule has 0 radical (unpaired) electrons. The van der Waals surface area contributed by atoms with Gasteiger partial charge in [0.05, 0.1) is 10.4 Å². The number of thiophene rings is 1. The molecule has 0 saturated carbocycles. The molecule has 3 nitrogen and oxygen atoms in total. The normalized spacial score (nSPS) is 15.7. The Morgan fingerprint density at radius 1 is 1.04 bits per heavy atom. The van der Waals surface area contributed by atoms with Crippen LogP contribution in [0, 0.1) is 0 Å². The van der Waals surface area contributed by atoms with Crippen LogP contribution in [0.4, 0.5) is 13.2 Å². The molecule has 1 aliphatic heterocycles. The highest BCUT2D eigenvalue weighted by Crippen LogP contribution is 2.33. The van der Waals surface area contributed by atoms with Crippen molar-refractivity contribution >= 4 is 23.0 Å². The fraction of sp³-hybridized carbons (Fsp3) is 0.400. The number of ketones is 1. The molecule has 2 aromatic rings. The van der Waals surface area contributed by atoms with Crippen LogP contribution in [0.15, 0.2) is 41.8 Å². The Bertz CT molecular complexity index is 777. The number of Topliss-reactive ketones (excluding diaryl/α,β-unsaturated/α-hetero) is 1. The average Bonchev–Trinajstić information content (AvgIpc) is 3.20. The lowest BCUT2D eigenvalue weighted by Gasteiger charge is -2.32. The molecule has 0 atom stereocenters. The van der Waals surface area contributed by atoms with Crippen LogP contribution >= 0.6 is 11.3 Å². The zero-order chi connectivity index (χ0) is 19.4. The van der Waals surface area contributed by atoms with Gasteiger partial charge < -0.3 is 4.90 Å². The van der Waals surface area contributed by atoms with Gasteiger partial charge in [-0.1, -0.05) is 18.2 Å². The summed E-state index contributed by atoms with van der Waals surface area (Å²) in [5.41, 5.74) is 0.234. The predicted molar refractivity (Wildman–Crippen MR) is 97.9 cm³/mol. The fourth-order valence-electron chi connectivity index (χ4n) is 3.35. The first-order valence-corrected chi connectivity index (χ1v) is 9.74. The first-order valence-electron chi connectivity index (χ1n) is 8.86. The maximum atomic E-state index is 12.7. The zero-order valence-corrected chi connectivity index (χ0v) is 15.5. The summed E-state index contributed by atoms with van der Waals surface area (Å²) >= 11 is 1.37. The quantitative estimate of drug-likeness (QED) is 0.658. The number of benzene rings is 1. The Morgan fingerprint density at radius 2 is 1.70 bits per heavy atom. The van der Waals surface area contributed by atoms with E-state index < -0.39 is 11.7 Å². The maximum Gasteiger partial charge on any atom is 0.416 e. The summed E-state index contributed by atoms with van der Waals surface area (Å²) in [5, 5.41) is 1.83. The number of alkyl halides is 3. The highest BCUT2D eigenvalue weighted by molar-refractivity contribution is 7.12. The molecule has 0 aliphatic carbocycles. The van der Waals surface area contributed by atoms with Crippen LogP contribution in [0.2, 0.25) is 0 Å². The number of hydrogen-bond donors (Lipinski definition) is 0. The van der Waals surface area contributed by atoms with Crippen molar-refractivity contribution in [1.82, 2.24) is 4.90 Å². The lowest BCUT2D eigenvalue weighted by atomic mass is 9.89.